The van der Waals surface area contributed by atoms with Crippen molar-refractivity contribution in [2.45, 2.75) is 40.2 Å². The Morgan fingerprint density at radius 3 is 2.55 bits per heavy atom. The third-order valence-corrected chi connectivity index (χ3v) is 4.25. The molecule has 1 aliphatic heterocycles. The minimum Gasteiger partial charge on any atom is -0.340 e. The molecule has 112 valence electrons. The minimum atomic E-state index is 0.257. The first-order valence-electron chi connectivity index (χ1n) is 7.51. The molecule has 1 amide bonds. The summed E-state index contributed by atoms with van der Waals surface area (Å²) in [6.07, 6.45) is 2.24. The van der Waals surface area contributed by atoms with Crippen molar-refractivity contribution in [3.8, 4) is 0 Å². The summed E-state index contributed by atoms with van der Waals surface area (Å²) < 4.78 is 2.13. The summed E-state index contributed by atoms with van der Waals surface area (Å²) in [5.74, 6) is 1.31. The van der Waals surface area contributed by atoms with Crippen molar-refractivity contribution in [2.75, 3.05) is 26.2 Å². The molecule has 0 N–H and O–H groups in total. The van der Waals surface area contributed by atoms with E-state index in [9.17, 15) is 4.79 Å². The van der Waals surface area contributed by atoms with Crippen LogP contribution < -0.4 is 0 Å². The Kier molecular flexibility index (Phi) is 4.81. The Hall–Kier alpha value is -1.36. The number of aromatic nitrogens is 2. The van der Waals surface area contributed by atoms with Gasteiger partial charge in [0.05, 0.1) is 18.8 Å². The van der Waals surface area contributed by atoms with Gasteiger partial charge in [-0.1, -0.05) is 13.3 Å². The molecule has 0 radical (unpaired) electrons. The second-order valence-corrected chi connectivity index (χ2v) is 5.70. The van der Waals surface area contributed by atoms with Crippen molar-refractivity contribution in [1.29, 1.82) is 0 Å². The van der Waals surface area contributed by atoms with Crippen molar-refractivity contribution in [3.63, 3.8) is 0 Å². The Balaban J connectivity index is 1.93. The van der Waals surface area contributed by atoms with E-state index in [-0.39, 0.29) is 5.91 Å². The lowest BCUT2D eigenvalue weighted by Crippen LogP contribution is -2.50. The Morgan fingerprint density at radius 2 is 2.00 bits per heavy atom. The molecule has 1 aliphatic rings. The van der Waals surface area contributed by atoms with E-state index in [0.717, 1.165) is 50.5 Å². The monoisotopic (exact) mass is 278 g/mol. The van der Waals surface area contributed by atoms with Gasteiger partial charge in [0, 0.05) is 32.4 Å². The number of carbonyl (C=O) groups is 1. The van der Waals surface area contributed by atoms with Gasteiger partial charge in [-0.25, -0.2) is 4.98 Å². The summed E-state index contributed by atoms with van der Waals surface area (Å²) in [6.45, 7) is 10.3. The van der Waals surface area contributed by atoms with Crippen LogP contribution in [-0.4, -0.2) is 51.4 Å². The number of nitrogens with zero attached hydrogens (tertiary/aromatic N) is 4. The van der Waals surface area contributed by atoms with Crippen LogP contribution >= 0.6 is 0 Å². The van der Waals surface area contributed by atoms with Crippen molar-refractivity contribution >= 4 is 5.91 Å². The van der Waals surface area contributed by atoms with E-state index >= 15 is 0 Å². The minimum absolute atomic E-state index is 0.257. The van der Waals surface area contributed by atoms with Gasteiger partial charge in [-0.3, -0.25) is 9.69 Å². The average molecular weight is 278 g/mol. The molecule has 2 heterocycles. The predicted molar refractivity (Wildman–Crippen MR) is 79.4 cm³/mol. The largest absolute Gasteiger partial charge is 0.340 e. The van der Waals surface area contributed by atoms with E-state index in [1.165, 1.54) is 5.69 Å². The molecule has 5 heteroatoms. The van der Waals surface area contributed by atoms with Gasteiger partial charge in [-0.05, 0) is 20.3 Å². The second-order valence-electron chi connectivity index (χ2n) is 5.70. The summed E-state index contributed by atoms with van der Waals surface area (Å²) in [5, 5.41) is 0. The lowest BCUT2D eigenvalue weighted by molar-refractivity contribution is -0.136. The molecule has 0 aliphatic carbocycles. The molecule has 1 aromatic rings. The first-order valence-corrected chi connectivity index (χ1v) is 7.51. The topological polar surface area (TPSA) is 41.4 Å². The van der Waals surface area contributed by atoms with Crippen LogP contribution in [0.25, 0.3) is 0 Å². The van der Waals surface area contributed by atoms with E-state index in [1.807, 2.05) is 18.9 Å². The van der Waals surface area contributed by atoms with E-state index in [2.05, 4.69) is 28.3 Å². The summed E-state index contributed by atoms with van der Waals surface area (Å²) in [5.41, 5.74) is 2.28. The average Bonchev–Trinajstić information content (AvgIpc) is 2.65. The molecule has 1 fully saturated rings. The van der Waals surface area contributed by atoms with Gasteiger partial charge in [0.2, 0.25) is 5.91 Å². The number of rotatable bonds is 5. The Morgan fingerprint density at radius 1 is 1.25 bits per heavy atom. The van der Waals surface area contributed by atoms with Gasteiger partial charge in [0.25, 0.3) is 0 Å². The van der Waals surface area contributed by atoms with E-state index < -0.39 is 0 Å². The molecule has 0 saturated carbocycles. The maximum Gasteiger partial charge on any atom is 0.236 e. The summed E-state index contributed by atoms with van der Waals surface area (Å²) in [4.78, 5) is 20.9. The molecule has 0 unspecified atom stereocenters. The van der Waals surface area contributed by atoms with Crippen LogP contribution in [0.4, 0.5) is 0 Å². The molecule has 1 aromatic heterocycles. The van der Waals surface area contributed by atoms with Crippen LogP contribution in [0.2, 0.25) is 0 Å². The molecule has 0 atom stereocenters. The van der Waals surface area contributed by atoms with E-state index in [0.29, 0.717) is 6.54 Å². The molecule has 20 heavy (non-hydrogen) atoms. The third kappa shape index (κ3) is 3.20. The first-order chi connectivity index (χ1) is 9.52. The lowest BCUT2D eigenvalue weighted by atomic mass is 10.2. The van der Waals surface area contributed by atoms with Crippen LogP contribution in [0.3, 0.4) is 0 Å². The number of unbranched alkanes of at least 4 members (excludes halogenated alkanes) is 1. The second kappa shape index (κ2) is 6.39. The Labute approximate surface area is 121 Å². The zero-order valence-electron chi connectivity index (χ0n) is 13.1. The lowest BCUT2D eigenvalue weighted by Gasteiger charge is -2.34. The molecule has 0 spiro atoms. The quantitative estimate of drug-likeness (QED) is 0.819. The van der Waals surface area contributed by atoms with Crippen molar-refractivity contribution in [3.05, 3.63) is 17.2 Å². The number of amides is 1. The highest BCUT2D eigenvalue weighted by atomic mass is 16.2. The highest BCUT2D eigenvalue weighted by Gasteiger charge is 2.24. The normalized spacial score (nSPS) is 17.0. The number of carbonyl (C=O) groups excluding carboxylic acids is 1. The van der Waals surface area contributed by atoms with Crippen molar-refractivity contribution in [1.82, 2.24) is 19.4 Å². The molecular weight excluding hydrogens is 252 g/mol. The van der Waals surface area contributed by atoms with Crippen LogP contribution in [-0.2, 0) is 18.4 Å². The zero-order valence-corrected chi connectivity index (χ0v) is 13.1. The van der Waals surface area contributed by atoms with Gasteiger partial charge in [-0.2, -0.15) is 0 Å². The zero-order chi connectivity index (χ0) is 14.7. The SMILES string of the molecule is CCCCN1CCN(Cc2nc(C)c(C)n2C)CC1=O. The fraction of sp³-hybridized carbons (Fsp3) is 0.733. The van der Waals surface area contributed by atoms with Gasteiger partial charge in [0.1, 0.15) is 5.82 Å². The number of hydrogen-bond acceptors (Lipinski definition) is 3. The molecule has 0 bridgehead atoms. The number of piperazine rings is 1. The third-order valence-electron chi connectivity index (χ3n) is 4.25. The highest BCUT2D eigenvalue weighted by molar-refractivity contribution is 5.79. The number of imidazole rings is 1. The standard InChI is InChI=1S/C15H26N4O/c1-5-6-7-19-9-8-18(11-15(19)20)10-14-16-12(2)13(3)17(14)4/h5-11H2,1-4H3. The summed E-state index contributed by atoms with van der Waals surface area (Å²) in [6, 6.07) is 0. The molecule has 5 nitrogen and oxygen atoms in total. The fourth-order valence-electron chi connectivity index (χ4n) is 2.60. The maximum absolute atomic E-state index is 12.1. The molecular formula is C15H26N4O. The maximum atomic E-state index is 12.1. The van der Waals surface area contributed by atoms with Crippen LogP contribution in [0.15, 0.2) is 0 Å². The van der Waals surface area contributed by atoms with Crippen LogP contribution in [0, 0.1) is 13.8 Å². The smallest absolute Gasteiger partial charge is 0.236 e. The Bertz CT molecular complexity index is 480. The number of aryl methyl sites for hydroxylation is 1. The van der Waals surface area contributed by atoms with Gasteiger partial charge in [0.15, 0.2) is 0 Å². The molecule has 2 rings (SSSR count). The van der Waals surface area contributed by atoms with Crippen molar-refractivity contribution < 1.29 is 4.79 Å². The summed E-state index contributed by atoms with van der Waals surface area (Å²) in [7, 11) is 2.05. The molecule has 1 saturated heterocycles. The van der Waals surface area contributed by atoms with E-state index in [1.54, 1.807) is 0 Å². The van der Waals surface area contributed by atoms with Crippen LogP contribution in [0.1, 0.15) is 37.0 Å². The van der Waals surface area contributed by atoms with E-state index in [4.69, 9.17) is 0 Å². The fourth-order valence-corrected chi connectivity index (χ4v) is 2.60. The number of hydrogen-bond donors (Lipinski definition) is 0. The van der Waals surface area contributed by atoms with Gasteiger partial charge in [-0.15, -0.1) is 0 Å². The predicted octanol–water partition coefficient (Wildman–Crippen LogP) is 1.48. The van der Waals surface area contributed by atoms with Gasteiger partial charge >= 0.3 is 0 Å². The summed E-state index contributed by atoms with van der Waals surface area (Å²) >= 11 is 0. The first kappa shape index (κ1) is 15.0. The van der Waals surface area contributed by atoms with Crippen LogP contribution in [0.5, 0.6) is 0 Å². The highest BCUT2D eigenvalue weighted by Crippen LogP contribution is 2.12. The molecule has 0 aromatic carbocycles. The van der Waals surface area contributed by atoms with Crippen molar-refractivity contribution in [2.24, 2.45) is 7.05 Å². The van der Waals surface area contributed by atoms with Gasteiger partial charge < -0.3 is 9.47 Å².